The first kappa shape index (κ1) is 21.9. The van der Waals surface area contributed by atoms with E-state index in [2.05, 4.69) is 15.6 Å². The predicted octanol–water partition coefficient (Wildman–Crippen LogP) is 4.39. The minimum Gasteiger partial charge on any atom is -0.356 e. The van der Waals surface area contributed by atoms with Crippen molar-refractivity contribution in [3.8, 4) is 0 Å². The Morgan fingerprint density at radius 1 is 1.11 bits per heavy atom. The summed E-state index contributed by atoms with van der Waals surface area (Å²) in [5.41, 5.74) is 0.0688. The Morgan fingerprint density at radius 3 is 2.46 bits per heavy atom. The fourth-order valence-corrected chi connectivity index (χ4v) is 3.36. The first-order valence-corrected chi connectivity index (χ1v) is 9.71. The van der Waals surface area contributed by atoms with Crippen molar-refractivity contribution in [3.63, 3.8) is 0 Å². The van der Waals surface area contributed by atoms with Crippen LogP contribution >= 0.6 is 11.3 Å². The number of unbranched alkanes of at least 4 members (excludes halogenated alkanes) is 2. The van der Waals surface area contributed by atoms with Crippen LogP contribution in [-0.2, 0) is 22.2 Å². The zero-order valence-corrected chi connectivity index (χ0v) is 16.3. The van der Waals surface area contributed by atoms with Crippen LogP contribution in [0.25, 0.3) is 0 Å². The Hall–Kier alpha value is -2.42. The number of rotatable bonds is 9. The average molecular weight is 413 g/mol. The highest BCUT2D eigenvalue weighted by atomic mass is 32.1. The molecule has 0 bridgehead atoms. The van der Waals surface area contributed by atoms with Gasteiger partial charge in [0, 0.05) is 37.4 Å². The lowest BCUT2D eigenvalue weighted by Crippen LogP contribution is -2.20. The van der Waals surface area contributed by atoms with Crippen molar-refractivity contribution in [1.29, 1.82) is 0 Å². The van der Waals surface area contributed by atoms with Gasteiger partial charge in [-0.15, -0.1) is 11.3 Å². The van der Waals surface area contributed by atoms with Gasteiger partial charge in [0.1, 0.15) is 0 Å². The Balaban J connectivity index is 1.74. The highest BCUT2D eigenvalue weighted by molar-refractivity contribution is 7.15. The lowest BCUT2D eigenvalue weighted by Gasteiger charge is -2.06. The number of aromatic nitrogens is 1. The molecule has 0 aliphatic rings. The highest BCUT2D eigenvalue weighted by Crippen LogP contribution is 2.30. The number of hydrogen-bond acceptors (Lipinski definition) is 4. The zero-order valence-electron chi connectivity index (χ0n) is 15.4. The van der Waals surface area contributed by atoms with Crippen LogP contribution in [0.5, 0.6) is 0 Å². The van der Waals surface area contributed by atoms with Crippen LogP contribution < -0.4 is 10.6 Å². The summed E-state index contributed by atoms with van der Waals surface area (Å²) in [4.78, 5) is 27.7. The molecule has 0 radical (unpaired) electrons. The van der Waals surface area contributed by atoms with E-state index in [9.17, 15) is 22.8 Å². The summed E-state index contributed by atoms with van der Waals surface area (Å²) in [6, 6.07) is 5.01. The highest BCUT2D eigenvalue weighted by Gasteiger charge is 2.29. The Bertz CT molecular complexity index is 788. The molecule has 0 atom stereocenters. The van der Waals surface area contributed by atoms with Gasteiger partial charge in [0.05, 0.1) is 5.56 Å². The number of benzene rings is 1. The van der Waals surface area contributed by atoms with Crippen molar-refractivity contribution < 1.29 is 22.8 Å². The van der Waals surface area contributed by atoms with E-state index in [4.69, 9.17) is 0 Å². The van der Waals surface area contributed by atoms with Crippen LogP contribution in [0.4, 0.5) is 18.3 Å². The molecule has 2 amide bonds. The molecule has 0 aliphatic heterocycles. The monoisotopic (exact) mass is 413 g/mol. The molecule has 0 fully saturated rings. The summed E-state index contributed by atoms with van der Waals surface area (Å²) < 4.78 is 37.8. The molecule has 1 aromatic heterocycles. The third kappa shape index (κ3) is 7.67. The Morgan fingerprint density at radius 2 is 1.82 bits per heavy atom. The second-order valence-corrected chi connectivity index (χ2v) is 7.46. The molecule has 1 aromatic carbocycles. The predicted molar refractivity (Wildman–Crippen MR) is 102 cm³/mol. The number of carbonyl (C=O) groups excluding carboxylic acids is 2. The second kappa shape index (κ2) is 10.2. The lowest BCUT2D eigenvalue weighted by atomic mass is 10.1. The summed E-state index contributed by atoms with van der Waals surface area (Å²) in [6.45, 7) is 2.07. The Kier molecular flexibility index (Phi) is 7.98. The van der Waals surface area contributed by atoms with Gasteiger partial charge < -0.3 is 10.6 Å². The number of thiazole rings is 1. The molecule has 0 unspecified atom stereocenters. The van der Waals surface area contributed by atoms with E-state index < -0.39 is 11.7 Å². The van der Waals surface area contributed by atoms with Gasteiger partial charge in [0.15, 0.2) is 5.13 Å². The molecule has 0 aliphatic carbocycles. The van der Waals surface area contributed by atoms with Crippen molar-refractivity contribution in [1.82, 2.24) is 10.3 Å². The van der Waals surface area contributed by atoms with Crippen LogP contribution in [0.1, 0.15) is 48.6 Å². The van der Waals surface area contributed by atoms with Crippen LogP contribution in [0.3, 0.4) is 0 Å². The van der Waals surface area contributed by atoms with Crippen molar-refractivity contribution in [3.05, 3.63) is 46.5 Å². The van der Waals surface area contributed by atoms with Crippen molar-refractivity contribution in [2.24, 2.45) is 0 Å². The topological polar surface area (TPSA) is 71.1 Å². The smallest absolute Gasteiger partial charge is 0.356 e. The third-order valence-corrected chi connectivity index (χ3v) is 4.83. The molecule has 2 N–H and O–H groups in total. The van der Waals surface area contributed by atoms with E-state index in [1.165, 1.54) is 30.4 Å². The number of nitrogens with zero attached hydrogens (tertiary/aromatic N) is 1. The molecular weight excluding hydrogens is 391 g/mol. The number of hydrogen-bond donors (Lipinski definition) is 2. The standard InChI is InChI=1S/C19H22F3N3O2S/c1-13(26)23-10-4-2-3-5-17(27)25-18-24-12-16(28-18)11-14-6-8-15(9-7-14)19(20,21)22/h6-9,12H,2-5,10-11H2,1H3,(H,23,26)(H,24,25,27). The number of halogens is 3. The van der Waals surface area contributed by atoms with E-state index in [1.54, 1.807) is 6.20 Å². The normalized spacial score (nSPS) is 11.3. The molecule has 1 heterocycles. The van der Waals surface area contributed by atoms with Gasteiger partial charge in [0.25, 0.3) is 0 Å². The van der Waals surface area contributed by atoms with E-state index in [1.807, 2.05) is 0 Å². The van der Waals surface area contributed by atoms with E-state index in [0.29, 0.717) is 24.5 Å². The van der Waals surface area contributed by atoms with Crippen molar-refractivity contribution in [2.75, 3.05) is 11.9 Å². The lowest BCUT2D eigenvalue weighted by molar-refractivity contribution is -0.137. The number of carbonyl (C=O) groups is 2. The minimum atomic E-state index is -4.34. The molecule has 2 rings (SSSR count). The fourth-order valence-electron chi connectivity index (χ4n) is 2.49. The van der Waals surface area contributed by atoms with Gasteiger partial charge in [-0.1, -0.05) is 18.6 Å². The summed E-state index contributed by atoms with van der Waals surface area (Å²) >= 11 is 1.30. The maximum absolute atomic E-state index is 12.6. The number of amides is 2. The van der Waals surface area contributed by atoms with E-state index in [-0.39, 0.29) is 11.8 Å². The Labute approximate surface area is 165 Å². The van der Waals surface area contributed by atoms with Gasteiger partial charge in [0.2, 0.25) is 11.8 Å². The second-order valence-electron chi connectivity index (χ2n) is 6.34. The summed E-state index contributed by atoms with van der Waals surface area (Å²) in [5, 5.41) is 5.92. The summed E-state index contributed by atoms with van der Waals surface area (Å²) in [5.74, 6) is -0.191. The van der Waals surface area contributed by atoms with E-state index in [0.717, 1.165) is 41.8 Å². The molecule has 28 heavy (non-hydrogen) atoms. The summed E-state index contributed by atoms with van der Waals surface area (Å²) in [6.07, 6.45) is 0.472. The molecule has 0 saturated heterocycles. The maximum atomic E-state index is 12.6. The van der Waals surface area contributed by atoms with Crippen LogP contribution in [0.15, 0.2) is 30.5 Å². The molecule has 0 saturated carbocycles. The molecule has 152 valence electrons. The maximum Gasteiger partial charge on any atom is 0.416 e. The van der Waals surface area contributed by atoms with Gasteiger partial charge in [-0.3, -0.25) is 9.59 Å². The first-order chi connectivity index (χ1) is 13.2. The molecule has 2 aromatic rings. The molecule has 5 nitrogen and oxygen atoms in total. The van der Waals surface area contributed by atoms with Gasteiger partial charge in [-0.05, 0) is 30.5 Å². The average Bonchev–Trinajstić information content (AvgIpc) is 3.04. The van der Waals surface area contributed by atoms with Crippen LogP contribution in [0, 0.1) is 0 Å². The third-order valence-electron chi connectivity index (χ3n) is 3.91. The zero-order chi connectivity index (χ0) is 20.6. The fraction of sp³-hybridized carbons (Fsp3) is 0.421. The van der Waals surface area contributed by atoms with Crippen LogP contribution in [0.2, 0.25) is 0 Å². The van der Waals surface area contributed by atoms with Gasteiger partial charge >= 0.3 is 6.18 Å². The SMILES string of the molecule is CC(=O)NCCCCCC(=O)Nc1ncc(Cc2ccc(C(F)(F)F)cc2)s1. The van der Waals surface area contributed by atoms with Gasteiger partial charge in [-0.2, -0.15) is 13.2 Å². The molecule has 0 spiro atoms. The number of alkyl halides is 3. The van der Waals surface area contributed by atoms with E-state index >= 15 is 0 Å². The number of anilines is 1. The summed E-state index contributed by atoms with van der Waals surface area (Å²) in [7, 11) is 0. The van der Waals surface area contributed by atoms with Crippen molar-refractivity contribution in [2.45, 2.75) is 45.2 Å². The quantitative estimate of drug-likeness (QED) is 0.599. The van der Waals surface area contributed by atoms with Crippen LogP contribution in [-0.4, -0.2) is 23.3 Å². The van der Waals surface area contributed by atoms with Gasteiger partial charge in [-0.25, -0.2) is 4.98 Å². The minimum absolute atomic E-state index is 0.0615. The van der Waals surface area contributed by atoms with Crippen molar-refractivity contribution >= 4 is 28.3 Å². The molecule has 9 heteroatoms. The molecular formula is C19H22F3N3O2S. The first-order valence-electron chi connectivity index (χ1n) is 8.89. The number of nitrogens with one attached hydrogen (secondary N) is 2. The largest absolute Gasteiger partial charge is 0.416 e.